The molecule has 1 aliphatic heterocycles. The van der Waals surface area contributed by atoms with E-state index >= 15 is 0 Å². The van der Waals surface area contributed by atoms with Crippen LogP contribution in [0, 0.1) is 0 Å². The lowest BCUT2D eigenvalue weighted by molar-refractivity contribution is 0.272. The van der Waals surface area contributed by atoms with Crippen molar-refractivity contribution < 1.29 is 8.42 Å². The molecule has 0 amide bonds. The van der Waals surface area contributed by atoms with E-state index in [0.717, 1.165) is 26.2 Å². The minimum Gasteiger partial charge on any atom is -0.369 e. The van der Waals surface area contributed by atoms with Crippen molar-refractivity contribution in [3.63, 3.8) is 0 Å². The van der Waals surface area contributed by atoms with Crippen molar-refractivity contribution in [2.75, 3.05) is 49.1 Å². The van der Waals surface area contributed by atoms with Crippen LogP contribution in [0.2, 0.25) is 0 Å². The second-order valence-corrected chi connectivity index (χ2v) is 7.24. The number of anilines is 1. The van der Waals surface area contributed by atoms with Gasteiger partial charge < -0.3 is 4.90 Å². The molecule has 1 fully saturated rings. The highest BCUT2D eigenvalue weighted by molar-refractivity contribution is 7.91. The first-order valence-electron chi connectivity index (χ1n) is 6.68. The van der Waals surface area contributed by atoms with E-state index in [2.05, 4.69) is 14.8 Å². The number of nitrogens with zero attached hydrogens (tertiary/aromatic N) is 3. The third kappa shape index (κ3) is 4.18. The molecule has 0 N–H and O–H groups in total. The van der Waals surface area contributed by atoms with Gasteiger partial charge in [-0.3, -0.25) is 9.88 Å². The fraction of sp³-hybridized carbons (Fsp3) is 0.615. The van der Waals surface area contributed by atoms with E-state index in [0.29, 0.717) is 6.54 Å². The van der Waals surface area contributed by atoms with Gasteiger partial charge in [-0.05, 0) is 12.1 Å². The van der Waals surface area contributed by atoms with Crippen LogP contribution >= 0.6 is 0 Å². The molecule has 0 bridgehead atoms. The summed E-state index contributed by atoms with van der Waals surface area (Å²) in [6.07, 6.45) is 3.60. The molecule has 0 atom stereocenters. The molecule has 0 saturated carbocycles. The van der Waals surface area contributed by atoms with Gasteiger partial charge in [0.05, 0.1) is 5.75 Å². The Bertz CT molecular complexity index is 482. The first kappa shape index (κ1) is 14.3. The fourth-order valence-electron chi connectivity index (χ4n) is 2.20. The molecule has 106 valence electrons. The minimum absolute atomic E-state index is 0.240. The van der Waals surface area contributed by atoms with Crippen molar-refractivity contribution in [3.05, 3.63) is 24.5 Å². The van der Waals surface area contributed by atoms with Crippen LogP contribution in [-0.4, -0.2) is 62.5 Å². The number of sulfone groups is 1. The second-order valence-electron chi connectivity index (χ2n) is 4.77. The Kier molecular flexibility index (Phi) is 4.76. The normalized spacial score (nSPS) is 17.6. The van der Waals surface area contributed by atoms with Crippen molar-refractivity contribution in [1.82, 2.24) is 9.88 Å². The summed E-state index contributed by atoms with van der Waals surface area (Å²) >= 11 is 0. The van der Waals surface area contributed by atoms with Gasteiger partial charge in [-0.1, -0.05) is 6.92 Å². The highest BCUT2D eigenvalue weighted by atomic mass is 32.2. The van der Waals surface area contributed by atoms with E-state index in [-0.39, 0.29) is 11.5 Å². The summed E-state index contributed by atoms with van der Waals surface area (Å²) in [7, 11) is -2.85. The van der Waals surface area contributed by atoms with Crippen LogP contribution in [0.25, 0.3) is 0 Å². The highest BCUT2D eigenvalue weighted by Gasteiger charge is 2.18. The predicted octanol–water partition coefficient (Wildman–Crippen LogP) is 0.638. The molecule has 1 saturated heterocycles. The number of hydrogen-bond acceptors (Lipinski definition) is 5. The van der Waals surface area contributed by atoms with Crippen LogP contribution in [-0.2, 0) is 9.84 Å². The Labute approximate surface area is 115 Å². The molecule has 0 unspecified atom stereocenters. The number of rotatable bonds is 5. The monoisotopic (exact) mass is 283 g/mol. The number of aromatic nitrogens is 1. The lowest BCUT2D eigenvalue weighted by Crippen LogP contribution is -2.47. The summed E-state index contributed by atoms with van der Waals surface area (Å²) in [4.78, 5) is 8.56. The van der Waals surface area contributed by atoms with Gasteiger partial charge in [0, 0.05) is 56.6 Å². The summed E-state index contributed by atoms with van der Waals surface area (Å²) in [5.74, 6) is 0.517. The molecule has 2 heterocycles. The zero-order chi connectivity index (χ0) is 13.7. The van der Waals surface area contributed by atoms with E-state index < -0.39 is 9.84 Å². The van der Waals surface area contributed by atoms with Crippen molar-refractivity contribution >= 4 is 15.5 Å². The first-order chi connectivity index (χ1) is 9.11. The van der Waals surface area contributed by atoms with Gasteiger partial charge in [0.1, 0.15) is 0 Å². The maximum absolute atomic E-state index is 11.5. The maximum Gasteiger partial charge on any atom is 0.151 e. The van der Waals surface area contributed by atoms with Gasteiger partial charge in [0.2, 0.25) is 0 Å². The topological polar surface area (TPSA) is 53.5 Å². The molecular weight excluding hydrogens is 262 g/mol. The second kappa shape index (κ2) is 6.34. The molecular formula is C13H21N3O2S. The van der Waals surface area contributed by atoms with Gasteiger partial charge >= 0.3 is 0 Å². The summed E-state index contributed by atoms with van der Waals surface area (Å²) < 4.78 is 23.0. The SMILES string of the molecule is CCS(=O)(=O)CCN1CCN(c2ccncc2)CC1. The van der Waals surface area contributed by atoms with E-state index in [1.165, 1.54) is 5.69 Å². The van der Waals surface area contributed by atoms with Crippen LogP contribution in [0.4, 0.5) is 5.69 Å². The molecule has 1 aliphatic rings. The standard InChI is InChI=1S/C13H21N3O2S/c1-2-19(17,18)12-11-15-7-9-16(10-8-15)13-3-5-14-6-4-13/h3-6H,2,7-12H2,1H3. The smallest absolute Gasteiger partial charge is 0.151 e. The van der Waals surface area contributed by atoms with Gasteiger partial charge in [-0.25, -0.2) is 8.42 Å². The molecule has 2 rings (SSSR count). The van der Waals surface area contributed by atoms with E-state index in [1.807, 2.05) is 12.1 Å². The van der Waals surface area contributed by atoms with Crippen LogP contribution in [0.3, 0.4) is 0 Å². The van der Waals surface area contributed by atoms with Crippen LogP contribution in [0.5, 0.6) is 0 Å². The Hall–Kier alpha value is -1.14. The fourth-order valence-corrected chi connectivity index (χ4v) is 3.02. The third-order valence-electron chi connectivity index (χ3n) is 3.56. The number of piperazine rings is 1. The molecule has 1 aromatic rings. The molecule has 5 nitrogen and oxygen atoms in total. The summed E-state index contributed by atoms with van der Waals surface area (Å²) in [6.45, 7) is 6.08. The lowest BCUT2D eigenvalue weighted by atomic mass is 10.2. The zero-order valence-electron chi connectivity index (χ0n) is 11.3. The molecule has 1 aromatic heterocycles. The maximum atomic E-state index is 11.5. The number of hydrogen-bond donors (Lipinski definition) is 0. The van der Waals surface area contributed by atoms with Crippen molar-refractivity contribution in [2.45, 2.75) is 6.92 Å². The molecule has 19 heavy (non-hydrogen) atoms. The van der Waals surface area contributed by atoms with Crippen LogP contribution in [0.1, 0.15) is 6.92 Å². The third-order valence-corrected chi connectivity index (χ3v) is 5.24. The Morgan fingerprint density at radius 3 is 2.37 bits per heavy atom. The molecule has 0 spiro atoms. The first-order valence-corrected chi connectivity index (χ1v) is 8.50. The van der Waals surface area contributed by atoms with Gasteiger partial charge in [0.15, 0.2) is 9.84 Å². The quantitative estimate of drug-likeness (QED) is 0.794. The summed E-state index contributed by atoms with van der Waals surface area (Å²) in [5, 5.41) is 0. The van der Waals surface area contributed by atoms with E-state index in [4.69, 9.17) is 0 Å². The Morgan fingerprint density at radius 1 is 1.16 bits per heavy atom. The zero-order valence-corrected chi connectivity index (χ0v) is 12.1. The van der Waals surface area contributed by atoms with Gasteiger partial charge in [-0.2, -0.15) is 0 Å². The average Bonchev–Trinajstić information content (AvgIpc) is 2.47. The predicted molar refractivity (Wildman–Crippen MR) is 77.2 cm³/mol. The Balaban J connectivity index is 1.80. The van der Waals surface area contributed by atoms with Gasteiger partial charge in [-0.15, -0.1) is 0 Å². The van der Waals surface area contributed by atoms with Crippen LogP contribution in [0.15, 0.2) is 24.5 Å². The summed E-state index contributed by atoms with van der Waals surface area (Å²) in [5.41, 5.74) is 1.19. The minimum atomic E-state index is -2.85. The van der Waals surface area contributed by atoms with Crippen molar-refractivity contribution in [2.24, 2.45) is 0 Å². The largest absolute Gasteiger partial charge is 0.369 e. The average molecular weight is 283 g/mol. The van der Waals surface area contributed by atoms with E-state index in [1.54, 1.807) is 19.3 Å². The lowest BCUT2D eigenvalue weighted by Gasteiger charge is -2.35. The highest BCUT2D eigenvalue weighted by Crippen LogP contribution is 2.14. The molecule has 0 radical (unpaired) electrons. The Morgan fingerprint density at radius 2 is 1.79 bits per heavy atom. The van der Waals surface area contributed by atoms with Crippen molar-refractivity contribution in [3.8, 4) is 0 Å². The van der Waals surface area contributed by atoms with Crippen molar-refractivity contribution in [1.29, 1.82) is 0 Å². The van der Waals surface area contributed by atoms with Crippen LogP contribution < -0.4 is 4.90 Å². The van der Waals surface area contributed by atoms with E-state index in [9.17, 15) is 8.42 Å². The summed E-state index contributed by atoms with van der Waals surface area (Å²) in [6, 6.07) is 4.02. The number of pyridine rings is 1. The molecule has 6 heteroatoms. The van der Waals surface area contributed by atoms with Gasteiger partial charge in [0.25, 0.3) is 0 Å². The molecule has 0 aromatic carbocycles. The molecule has 0 aliphatic carbocycles.